The predicted octanol–water partition coefficient (Wildman–Crippen LogP) is 3.04. The largest absolute Gasteiger partial charge is 0.497 e. The molecule has 0 radical (unpaired) electrons. The number of rotatable bonds is 10. The van der Waals surface area contributed by atoms with Crippen LogP contribution in [0.5, 0.6) is 5.75 Å². The van der Waals surface area contributed by atoms with E-state index in [9.17, 15) is 19.2 Å². The molecule has 1 heterocycles. The van der Waals surface area contributed by atoms with Crippen LogP contribution in [0.25, 0.3) is 0 Å². The normalized spacial score (nSPS) is 14.3. The van der Waals surface area contributed by atoms with E-state index < -0.39 is 23.9 Å². The van der Waals surface area contributed by atoms with Crippen molar-refractivity contribution in [3.63, 3.8) is 0 Å². The highest BCUT2D eigenvalue weighted by atomic mass is 16.5. The summed E-state index contributed by atoms with van der Waals surface area (Å²) in [6.45, 7) is 4.58. The molecule has 0 bridgehead atoms. The topological polar surface area (TPSA) is 165 Å². The zero-order valence-corrected chi connectivity index (χ0v) is 22.6. The maximum atomic E-state index is 9.55. The maximum absolute atomic E-state index is 9.55. The van der Waals surface area contributed by atoms with Crippen molar-refractivity contribution in [3.05, 3.63) is 90.0 Å². The Morgan fingerprint density at radius 2 is 1.20 bits per heavy atom. The highest BCUT2D eigenvalue weighted by Gasteiger charge is 2.23. The number of benzene rings is 2. The van der Waals surface area contributed by atoms with E-state index >= 15 is 0 Å². The number of aryl methyl sites for hydroxylation is 1. The average Bonchev–Trinajstić information content (AvgIpc) is 2.93. The maximum Gasteiger partial charge on any atom is 0.328 e. The standard InChI is InChI=1S/C21H28N2O.2C4H4O4/c1-22-14-16-23(17-15-22)21(13-8-18-6-4-3-5-7-18)19-9-11-20(24-2)12-10-19;2*5-3(6)1-2-4(7)8/h3-7,9-12,21H,8,13-17H2,1-2H3;2*1-2H,(H,5,6)(H,7,8)/b;2*2-1-. The number of ether oxygens (including phenoxy) is 1. The summed E-state index contributed by atoms with van der Waals surface area (Å²) in [6.07, 6.45) is 4.50. The summed E-state index contributed by atoms with van der Waals surface area (Å²) in [5, 5.41) is 31.2. The van der Waals surface area contributed by atoms with Crippen LogP contribution in [0.4, 0.5) is 0 Å². The summed E-state index contributed by atoms with van der Waals surface area (Å²) in [5.41, 5.74) is 2.82. The summed E-state index contributed by atoms with van der Waals surface area (Å²) >= 11 is 0. The molecule has 4 N–H and O–H groups in total. The molecule has 11 heteroatoms. The van der Waals surface area contributed by atoms with E-state index in [1.54, 1.807) is 7.11 Å². The highest BCUT2D eigenvalue weighted by Crippen LogP contribution is 2.28. The van der Waals surface area contributed by atoms with Crippen LogP contribution in [-0.2, 0) is 25.6 Å². The van der Waals surface area contributed by atoms with Gasteiger partial charge in [0.2, 0.25) is 0 Å². The Morgan fingerprint density at radius 1 is 0.750 bits per heavy atom. The van der Waals surface area contributed by atoms with Crippen LogP contribution in [-0.4, -0.2) is 94.4 Å². The Kier molecular flexibility index (Phi) is 15.7. The molecule has 0 aliphatic carbocycles. The van der Waals surface area contributed by atoms with E-state index in [4.69, 9.17) is 25.2 Å². The summed E-state index contributed by atoms with van der Waals surface area (Å²) in [7, 11) is 3.94. The Balaban J connectivity index is 0.000000412. The van der Waals surface area contributed by atoms with Gasteiger partial charge in [0.05, 0.1) is 7.11 Å². The fourth-order valence-corrected chi connectivity index (χ4v) is 3.75. The van der Waals surface area contributed by atoms with E-state index in [2.05, 4.69) is 71.4 Å². The van der Waals surface area contributed by atoms with Crippen LogP contribution in [0.3, 0.4) is 0 Å². The minimum Gasteiger partial charge on any atom is -0.497 e. The van der Waals surface area contributed by atoms with Crippen LogP contribution in [0, 0.1) is 0 Å². The predicted molar refractivity (Wildman–Crippen MR) is 148 cm³/mol. The molecule has 11 nitrogen and oxygen atoms in total. The van der Waals surface area contributed by atoms with Gasteiger partial charge in [-0.3, -0.25) is 4.90 Å². The molecular weight excluding hydrogens is 520 g/mol. The molecule has 0 spiro atoms. The number of nitrogens with zero attached hydrogens (tertiary/aromatic N) is 2. The van der Waals surface area contributed by atoms with Crippen molar-refractivity contribution in [3.8, 4) is 5.75 Å². The second kappa shape index (κ2) is 18.7. The van der Waals surface area contributed by atoms with Gasteiger partial charge in [0.15, 0.2) is 0 Å². The van der Waals surface area contributed by atoms with Gasteiger partial charge in [0, 0.05) is 56.5 Å². The molecule has 0 saturated carbocycles. The molecule has 2 aromatic rings. The minimum absolute atomic E-state index is 0.477. The van der Waals surface area contributed by atoms with Crippen LogP contribution >= 0.6 is 0 Å². The van der Waals surface area contributed by atoms with E-state index in [0.29, 0.717) is 30.3 Å². The second-order valence-electron chi connectivity index (χ2n) is 8.67. The Morgan fingerprint density at radius 3 is 1.60 bits per heavy atom. The Labute approximate surface area is 233 Å². The molecule has 3 rings (SSSR count). The summed E-state index contributed by atoms with van der Waals surface area (Å²) < 4.78 is 5.32. The SMILES string of the molecule is COc1ccc(C(CCc2ccccc2)N2CCN(C)CC2)cc1.O=C(O)/C=C\C(=O)O.O=C(O)/C=C\C(=O)O. The first kappa shape index (κ1) is 33.5. The number of methoxy groups -OCH3 is 1. The van der Waals surface area contributed by atoms with Crippen LogP contribution in [0.15, 0.2) is 78.9 Å². The van der Waals surface area contributed by atoms with Crippen molar-refractivity contribution in [1.29, 1.82) is 0 Å². The molecule has 1 atom stereocenters. The third-order valence-electron chi connectivity index (χ3n) is 5.77. The van der Waals surface area contributed by atoms with Gasteiger partial charge in [-0.15, -0.1) is 0 Å². The number of carbonyl (C=O) groups is 4. The fourth-order valence-electron chi connectivity index (χ4n) is 3.75. The van der Waals surface area contributed by atoms with Crippen LogP contribution in [0.2, 0.25) is 0 Å². The molecule has 1 fully saturated rings. The fraction of sp³-hybridized carbons (Fsp3) is 0.310. The van der Waals surface area contributed by atoms with E-state index in [1.807, 2.05) is 0 Å². The number of carboxylic acid groups (broad SMARTS) is 4. The lowest BCUT2D eigenvalue weighted by Crippen LogP contribution is -2.46. The molecular formula is C29H36N2O9. The Hall–Kier alpha value is -4.48. The number of carboxylic acids is 4. The van der Waals surface area contributed by atoms with Crippen LogP contribution in [0.1, 0.15) is 23.6 Å². The summed E-state index contributed by atoms with van der Waals surface area (Å²) in [4.78, 5) is 43.3. The zero-order chi connectivity index (χ0) is 29.9. The van der Waals surface area contributed by atoms with Crippen molar-refractivity contribution in [2.45, 2.75) is 18.9 Å². The zero-order valence-electron chi connectivity index (χ0n) is 22.6. The van der Waals surface area contributed by atoms with Gasteiger partial charge in [-0.2, -0.15) is 0 Å². The lowest BCUT2D eigenvalue weighted by Gasteiger charge is -2.38. The van der Waals surface area contributed by atoms with Gasteiger partial charge in [-0.05, 0) is 43.1 Å². The van der Waals surface area contributed by atoms with E-state index in [1.165, 1.54) is 11.1 Å². The number of hydrogen-bond acceptors (Lipinski definition) is 7. The smallest absolute Gasteiger partial charge is 0.328 e. The first-order valence-electron chi connectivity index (χ1n) is 12.4. The molecule has 1 saturated heterocycles. The quantitative estimate of drug-likeness (QED) is 0.318. The van der Waals surface area contributed by atoms with E-state index in [0.717, 1.165) is 44.8 Å². The van der Waals surface area contributed by atoms with Crippen LogP contribution < -0.4 is 4.74 Å². The molecule has 0 amide bonds. The number of piperazine rings is 1. The van der Waals surface area contributed by atoms with Crippen molar-refractivity contribution in [2.24, 2.45) is 0 Å². The number of hydrogen-bond donors (Lipinski definition) is 4. The first-order chi connectivity index (χ1) is 19.0. The summed E-state index contributed by atoms with van der Waals surface area (Å²) in [6, 6.07) is 19.9. The molecule has 1 unspecified atom stereocenters. The summed E-state index contributed by atoms with van der Waals surface area (Å²) in [5.74, 6) is -4.10. The second-order valence-corrected chi connectivity index (χ2v) is 8.67. The van der Waals surface area contributed by atoms with E-state index in [-0.39, 0.29) is 0 Å². The monoisotopic (exact) mass is 556 g/mol. The first-order valence-corrected chi connectivity index (χ1v) is 12.4. The minimum atomic E-state index is -1.26. The molecule has 0 aromatic heterocycles. The molecule has 40 heavy (non-hydrogen) atoms. The third kappa shape index (κ3) is 15.1. The van der Waals surface area contributed by atoms with Gasteiger partial charge >= 0.3 is 23.9 Å². The lowest BCUT2D eigenvalue weighted by molar-refractivity contribution is -0.134. The van der Waals surface area contributed by atoms with Gasteiger partial charge in [0.25, 0.3) is 0 Å². The van der Waals surface area contributed by atoms with Crippen molar-refractivity contribution < 1.29 is 44.3 Å². The highest BCUT2D eigenvalue weighted by molar-refractivity contribution is 5.90. The third-order valence-corrected chi connectivity index (χ3v) is 5.77. The molecule has 2 aromatic carbocycles. The molecule has 1 aliphatic heterocycles. The van der Waals surface area contributed by atoms with Crippen molar-refractivity contribution in [2.75, 3.05) is 40.3 Å². The average molecular weight is 557 g/mol. The molecule has 216 valence electrons. The molecule has 1 aliphatic rings. The van der Waals surface area contributed by atoms with Crippen molar-refractivity contribution in [1.82, 2.24) is 9.80 Å². The number of likely N-dealkylation sites (N-methyl/N-ethyl adjacent to an activating group) is 1. The van der Waals surface area contributed by atoms with Gasteiger partial charge in [-0.1, -0.05) is 42.5 Å². The van der Waals surface area contributed by atoms with Crippen molar-refractivity contribution >= 4 is 23.9 Å². The van der Waals surface area contributed by atoms with Gasteiger partial charge in [0.1, 0.15) is 5.75 Å². The number of aliphatic carboxylic acids is 4. The van der Waals surface area contributed by atoms with Gasteiger partial charge in [-0.25, -0.2) is 19.2 Å². The Bertz CT molecular complexity index is 1060. The lowest BCUT2D eigenvalue weighted by atomic mass is 9.96. The van der Waals surface area contributed by atoms with Gasteiger partial charge < -0.3 is 30.1 Å².